The smallest absolute Gasteiger partial charge is 0.223 e. The van der Waals surface area contributed by atoms with E-state index in [9.17, 15) is 47.9 Å². The van der Waals surface area contributed by atoms with Crippen molar-refractivity contribution < 1.29 is 76.6 Å². The van der Waals surface area contributed by atoms with Crippen molar-refractivity contribution in [1.82, 2.24) is 19.6 Å². The molecule has 88 heavy (non-hydrogen) atoms. The Balaban J connectivity index is 0. The molecule has 0 fully saturated rings. The summed E-state index contributed by atoms with van der Waals surface area (Å²) in [6, 6.07) is 31.5. The van der Waals surface area contributed by atoms with Crippen LogP contribution < -0.4 is 26.2 Å². The van der Waals surface area contributed by atoms with E-state index in [-0.39, 0.29) is 64.0 Å². The highest BCUT2D eigenvalue weighted by molar-refractivity contribution is 14.1. The summed E-state index contributed by atoms with van der Waals surface area (Å²) in [5, 5.41) is 9.95. The molecular formula is C66H88IN9O12. The Morgan fingerprint density at radius 1 is 0.477 bits per heavy atom. The summed E-state index contributed by atoms with van der Waals surface area (Å²) < 4.78 is 107. The van der Waals surface area contributed by atoms with Crippen molar-refractivity contribution in [2.75, 3.05) is 109 Å². The van der Waals surface area contributed by atoms with Crippen LogP contribution in [0.25, 0.3) is 0 Å². The predicted octanol–water partition coefficient (Wildman–Crippen LogP) is 10.6. The highest BCUT2D eigenvalue weighted by Gasteiger charge is 2.10. The van der Waals surface area contributed by atoms with Crippen LogP contribution >= 0.6 is 22.6 Å². The molecule has 5 aromatic carbocycles. The molecule has 21 nitrogen and oxygen atoms in total. The number of benzene rings is 5. The van der Waals surface area contributed by atoms with Crippen LogP contribution in [0.1, 0.15) is 119 Å². The number of carbonyl (C=O) groups is 10. The molecule has 0 aliphatic carbocycles. The van der Waals surface area contributed by atoms with Gasteiger partial charge in [0, 0.05) is 208 Å². The minimum atomic E-state index is -2.82. The van der Waals surface area contributed by atoms with Crippen molar-refractivity contribution in [1.29, 1.82) is 0 Å². The average molecular weight is 1340 g/mol. The second kappa shape index (κ2) is 45.4. The summed E-state index contributed by atoms with van der Waals surface area (Å²) in [5.74, 6) is -3.99. The van der Waals surface area contributed by atoms with Gasteiger partial charge >= 0.3 is 0 Å². The van der Waals surface area contributed by atoms with Crippen LogP contribution in [0.2, 0.25) is 0 Å². The van der Waals surface area contributed by atoms with Crippen LogP contribution in [-0.2, 0) is 33.4 Å². The molecule has 22 heteroatoms. The molecule has 5 rings (SSSR count). The second-order valence-corrected chi connectivity index (χ2v) is 18.5. The number of nitrogens with one attached hydrogen (secondary N) is 4. The number of ketones is 5. The molecule has 0 atom stereocenters. The van der Waals surface area contributed by atoms with E-state index in [2.05, 4.69) is 21.3 Å². The van der Waals surface area contributed by atoms with Gasteiger partial charge in [-0.05, 0) is 93.4 Å². The second-order valence-electron chi connectivity index (χ2n) is 18.5. The van der Waals surface area contributed by atoms with Gasteiger partial charge in [0.15, 0.2) is 28.9 Å². The Kier molecular flexibility index (Phi) is 29.9. The monoisotopic (exact) mass is 1340 g/mol. The molecule has 0 unspecified atom stereocenters. The number of ether oxygens (including phenoxy) is 2. The standard InChI is InChI=1S/C14H18N2O2.2C13H16N2O2.2C10H11NO2.C5H13NO2.CH3I/c1-11(17)16(4)13-7-5-6-12(10-13)14(18)8-9-15(2)3;2*1-10(16)14-12-6-4-5-11(9-12)13(17)7-8-15(2)3;2*1-7(12)9-4-3-5-10(6-9)11-8(2)13;1-6(2)5(7-3)8-4;1-2/h5-10H,1-4H3;2*4-9H,1-3H3,(H,14,16);2*3-6H,1-2H3,(H,11,13);5H,1-4H3;1H3/b9-8+;2*8-7+;;;;/i4D3;8D;;1D3,2D3;;5D;1D3. The van der Waals surface area contributed by atoms with E-state index >= 15 is 0 Å². The van der Waals surface area contributed by atoms with Gasteiger partial charge in [-0.3, -0.25) is 52.8 Å². The molecule has 0 saturated carbocycles. The molecule has 5 aromatic rings. The topological polar surface area (TPSA) is 253 Å². The highest BCUT2D eigenvalue weighted by Crippen LogP contribution is 2.17. The maximum Gasteiger partial charge on any atom is 0.223 e. The maximum atomic E-state index is 12.0. The van der Waals surface area contributed by atoms with Crippen LogP contribution in [0.15, 0.2) is 158 Å². The first-order chi connectivity index (χ1) is 46.7. The van der Waals surface area contributed by atoms with Crippen molar-refractivity contribution in [3.8, 4) is 0 Å². The number of hydrogen-bond donors (Lipinski definition) is 4. The number of allylic oxidation sites excluding steroid dienone is 3. The van der Waals surface area contributed by atoms with Gasteiger partial charge in [-0.1, -0.05) is 83.3 Å². The Morgan fingerprint density at radius 2 is 0.818 bits per heavy atom. The van der Waals surface area contributed by atoms with Crippen molar-refractivity contribution in [2.45, 2.75) is 54.7 Å². The van der Waals surface area contributed by atoms with E-state index < -0.39 is 49.5 Å². The van der Waals surface area contributed by atoms with Gasteiger partial charge in [-0.25, -0.2) is 0 Å². The molecule has 0 radical (unpaired) electrons. The Bertz CT molecular complexity index is 3720. The first-order valence-electron chi connectivity index (χ1n) is 32.8. The fourth-order valence-electron chi connectivity index (χ4n) is 6.12. The van der Waals surface area contributed by atoms with Gasteiger partial charge in [0.05, 0.1) is 1.37 Å². The minimum absolute atomic E-state index is 0.00722. The van der Waals surface area contributed by atoms with Gasteiger partial charge in [0.2, 0.25) is 35.9 Å². The number of methoxy groups -OCH3 is 2. The zero-order chi connectivity index (χ0) is 79.4. The average Bonchev–Trinajstić information content (AvgIpc) is 0.825. The van der Waals surface area contributed by atoms with E-state index in [0.29, 0.717) is 44.2 Å². The molecule has 0 aliphatic rings. The fraction of sp³-hybridized carbons (Fsp3) is 0.303. The number of halogens is 1. The molecular weight excluding hydrogens is 1240 g/mol. The molecule has 0 heterocycles. The van der Waals surface area contributed by atoms with Crippen molar-refractivity contribution >= 4 is 109 Å². The maximum absolute atomic E-state index is 12.0. The number of alkyl halides is 1. The third-order valence-electron chi connectivity index (χ3n) is 9.83. The third kappa shape index (κ3) is 38.2. The van der Waals surface area contributed by atoms with Crippen LogP contribution in [0, 0.1) is 0 Å². The van der Waals surface area contributed by atoms with E-state index in [4.69, 9.17) is 28.7 Å². The van der Waals surface area contributed by atoms with E-state index in [1.165, 1.54) is 130 Å². The number of amides is 5. The van der Waals surface area contributed by atoms with Crippen LogP contribution in [0.4, 0.5) is 28.4 Å². The van der Waals surface area contributed by atoms with Crippen LogP contribution in [0.3, 0.4) is 0 Å². The predicted molar refractivity (Wildman–Crippen MR) is 361 cm³/mol. The summed E-state index contributed by atoms with van der Waals surface area (Å²) >= 11 is 1.38. The Labute approximate surface area is 553 Å². The van der Waals surface area contributed by atoms with Gasteiger partial charge in [0.1, 0.15) is 1.37 Å². The van der Waals surface area contributed by atoms with Crippen LogP contribution in [-0.4, -0.2) is 167 Å². The number of nitrogens with zero attached hydrogens (tertiary/aromatic N) is 5. The molecule has 0 aliphatic heterocycles. The first-order valence-corrected chi connectivity index (χ1v) is 26.9. The highest BCUT2D eigenvalue weighted by atomic mass is 127. The minimum Gasteiger partial charge on any atom is -0.383 e. The normalized spacial score (nSPS) is 13.1. The van der Waals surface area contributed by atoms with E-state index in [1.54, 1.807) is 149 Å². The van der Waals surface area contributed by atoms with E-state index in [1.807, 2.05) is 14.1 Å². The number of hydrogen-bond acceptors (Lipinski definition) is 16. The van der Waals surface area contributed by atoms with Crippen molar-refractivity contribution in [2.24, 2.45) is 0 Å². The lowest BCUT2D eigenvalue weighted by molar-refractivity contribution is -0.179. The third-order valence-corrected chi connectivity index (χ3v) is 9.83. The first kappa shape index (κ1) is 58.1. The largest absolute Gasteiger partial charge is 0.383 e. The Hall–Kier alpha value is -8.97. The number of carbonyl (C=O) groups excluding carboxylic acids is 10. The SMILES string of the molecule is CC(=O)Nc1cccc(C(=O)/C=C/N(C)C)c1.CC(=O)Nc1cccc(C(C)=O)c1.[2H]/C(=C\C(=O)c1cccc(NC(C)=O)c1)N(C)C.[2H]C(OC)(OC)N(C)C.[2H]C([2H])([2H])C(=O)Nc1cccc(C(=O)C([2H])([2H])[2H])c1.[2H]C([2H])([2H])I.[2H]C([2H])([2H])N(C(C)=O)c1cccc(C(=O)/C=C/N(C)C)c1. The summed E-state index contributed by atoms with van der Waals surface area (Å²) in [4.78, 5) is 119. The summed E-state index contributed by atoms with van der Waals surface area (Å²) in [6.07, 6.45) is 6.20. The molecule has 5 amide bonds. The molecule has 476 valence electrons. The van der Waals surface area contributed by atoms with Crippen molar-refractivity contribution in [3.63, 3.8) is 0 Å². The van der Waals surface area contributed by atoms with Gasteiger partial charge in [-0.15, -0.1) is 0 Å². The number of rotatable bonds is 19. The summed E-state index contributed by atoms with van der Waals surface area (Å²) in [5.41, 5.74) is 3.86. The molecule has 0 spiro atoms. The summed E-state index contributed by atoms with van der Waals surface area (Å²) in [7, 11) is 16.9. The number of Topliss-reactive ketones (excluding diaryl/α,β-unsaturated/α-hetero) is 2. The van der Waals surface area contributed by atoms with Gasteiger partial charge < -0.3 is 50.3 Å². The fourth-order valence-corrected chi connectivity index (χ4v) is 6.12. The number of anilines is 5. The molecule has 0 saturated heterocycles. The quantitative estimate of drug-likeness (QED) is 0.0197. The van der Waals surface area contributed by atoms with Gasteiger partial charge in [0.25, 0.3) is 0 Å². The molecule has 0 bridgehead atoms. The summed E-state index contributed by atoms with van der Waals surface area (Å²) in [6.45, 7) is -1.26. The Morgan fingerprint density at radius 3 is 1.11 bits per heavy atom. The van der Waals surface area contributed by atoms with Crippen molar-refractivity contribution in [3.05, 3.63) is 186 Å². The molecule has 4 N–H and O–H groups in total. The lowest BCUT2D eigenvalue weighted by atomic mass is 10.1. The lowest BCUT2D eigenvalue weighted by Crippen LogP contribution is -2.30. The molecule has 0 aromatic heterocycles. The lowest BCUT2D eigenvalue weighted by Gasteiger charge is -2.19. The van der Waals surface area contributed by atoms with Gasteiger partial charge in [-0.2, -0.15) is 0 Å². The van der Waals surface area contributed by atoms with E-state index in [0.717, 1.165) is 6.07 Å². The van der Waals surface area contributed by atoms with Crippen LogP contribution in [0.5, 0.6) is 0 Å². The zero-order valence-corrected chi connectivity index (χ0v) is 54.1. The zero-order valence-electron chi connectivity index (χ0n) is 65.9.